The molecular weight excluding hydrogens is 572 g/mol. The first kappa shape index (κ1) is 29.7. The Kier molecular flexibility index (Phi) is 10.3. The Morgan fingerprint density at radius 1 is 1.10 bits per heavy atom. The fourth-order valence-corrected chi connectivity index (χ4v) is 6.07. The summed E-state index contributed by atoms with van der Waals surface area (Å²) in [5, 5.41) is 13.5. The molecule has 0 aromatic heterocycles. The van der Waals surface area contributed by atoms with Crippen LogP contribution >= 0.6 is 15.9 Å². The van der Waals surface area contributed by atoms with E-state index in [9.17, 15) is 10.1 Å². The van der Waals surface area contributed by atoms with Crippen molar-refractivity contribution < 1.29 is 23.7 Å². The van der Waals surface area contributed by atoms with Gasteiger partial charge in [0.05, 0.1) is 35.2 Å². The molecule has 0 saturated carbocycles. The van der Waals surface area contributed by atoms with E-state index in [1.54, 1.807) is 7.11 Å². The average Bonchev–Trinajstić information content (AvgIpc) is 2.92. The van der Waals surface area contributed by atoms with Crippen LogP contribution in [0.3, 0.4) is 0 Å². The number of ketones is 1. The van der Waals surface area contributed by atoms with Crippen molar-refractivity contribution in [1.29, 1.82) is 5.26 Å². The van der Waals surface area contributed by atoms with E-state index in [4.69, 9.17) is 18.9 Å². The average molecular weight is 610 g/mol. The first-order valence-corrected chi connectivity index (χ1v) is 14.6. The standard InChI is InChI=1S/C32H37BrN2O5/c1-5-8-21-14-27-31(28(36)15-21)30(25(18-34)20(3)35-27)23-16-26(33)32(29(17-23)38-6-2)40-19-22-9-7-10-24(13-22)39-12-11-37-4/h7,9-10,13,16-17,21,30,35H,5-6,8,11-12,14-15,19H2,1-4H3. The topological polar surface area (TPSA) is 89.8 Å². The largest absolute Gasteiger partial charge is 0.491 e. The second kappa shape index (κ2) is 13.9. The number of Topliss-reactive ketones (excluding diaryl/α,β-unsaturated/α-hetero) is 1. The van der Waals surface area contributed by atoms with Gasteiger partial charge in [0, 0.05) is 30.5 Å². The van der Waals surface area contributed by atoms with E-state index in [1.807, 2.05) is 50.2 Å². The molecule has 1 heterocycles. The summed E-state index contributed by atoms with van der Waals surface area (Å²) in [4.78, 5) is 13.5. The lowest BCUT2D eigenvalue weighted by Gasteiger charge is -2.35. The summed E-state index contributed by atoms with van der Waals surface area (Å²) in [6.07, 6.45) is 3.38. The number of ether oxygens (including phenoxy) is 4. The zero-order chi connectivity index (χ0) is 28.6. The Balaban J connectivity index is 1.66. The summed E-state index contributed by atoms with van der Waals surface area (Å²) in [7, 11) is 1.64. The van der Waals surface area contributed by atoms with Crippen LogP contribution in [0.25, 0.3) is 0 Å². The molecule has 0 radical (unpaired) electrons. The van der Waals surface area contributed by atoms with Crippen LogP contribution in [-0.4, -0.2) is 32.7 Å². The van der Waals surface area contributed by atoms with Crippen molar-refractivity contribution in [2.45, 2.75) is 59.0 Å². The van der Waals surface area contributed by atoms with Crippen LogP contribution in [0.15, 0.2) is 63.4 Å². The third-order valence-electron chi connectivity index (χ3n) is 7.23. The van der Waals surface area contributed by atoms with Crippen molar-refractivity contribution in [3.8, 4) is 23.3 Å². The number of carbonyl (C=O) groups is 1. The van der Waals surface area contributed by atoms with Crippen molar-refractivity contribution in [3.63, 3.8) is 0 Å². The van der Waals surface area contributed by atoms with E-state index in [0.717, 1.165) is 47.5 Å². The molecule has 8 heteroatoms. The summed E-state index contributed by atoms with van der Waals surface area (Å²) >= 11 is 3.70. The summed E-state index contributed by atoms with van der Waals surface area (Å²) in [6, 6.07) is 14.0. The van der Waals surface area contributed by atoms with Crippen molar-refractivity contribution in [2.24, 2.45) is 5.92 Å². The number of hydrogen-bond acceptors (Lipinski definition) is 7. The van der Waals surface area contributed by atoms with Crippen molar-refractivity contribution >= 4 is 21.7 Å². The highest BCUT2D eigenvalue weighted by molar-refractivity contribution is 9.10. The minimum atomic E-state index is -0.457. The Bertz CT molecular complexity index is 1340. The van der Waals surface area contributed by atoms with Crippen LogP contribution < -0.4 is 19.5 Å². The molecular formula is C32H37BrN2O5. The number of nitrogens with one attached hydrogen (secondary N) is 1. The maximum Gasteiger partial charge on any atom is 0.175 e. The number of nitrogens with zero attached hydrogens (tertiary/aromatic N) is 1. The fraction of sp³-hybridized carbons (Fsp3) is 0.438. The molecule has 0 amide bonds. The van der Waals surface area contributed by atoms with Crippen molar-refractivity contribution in [3.05, 3.63) is 74.5 Å². The molecule has 0 bridgehead atoms. The zero-order valence-electron chi connectivity index (χ0n) is 23.6. The predicted octanol–water partition coefficient (Wildman–Crippen LogP) is 6.97. The molecule has 2 aliphatic rings. The summed E-state index contributed by atoms with van der Waals surface area (Å²) in [6.45, 7) is 7.70. The third-order valence-corrected chi connectivity index (χ3v) is 7.82. The van der Waals surface area contributed by atoms with Crippen LogP contribution in [-0.2, 0) is 16.1 Å². The normalized spacial score (nSPS) is 18.6. The molecule has 7 nitrogen and oxygen atoms in total. The van der Waals surface area contributed by atoms with Gasteiger partial charge in [0.25, 0.3) is 0 Å². The Morgan fingerprint density at radius 3 is 2.65 bits per heavy atom. The number of dihydropyridines is 1. The molecule has 2 aromatic carbocycles. The van der Waals surface area contributed by atoms with Gasteiger partial charge in [-0.2, -0.15) is 5.26 Å². The van der Waals surface area contributed by atoms with Gasteiger partial charge in [0.2, 0.25) is 0 Å². The quantitative estimate of drug-likeness (QED) is 0.260. The van der Waals surface area contributed by atoms with E-state index in [-0.39, 0.29) is 5.78 Å². The van der Waals surface area contributed by atoms with E-state index < -0.39 is 5.92 Å². The number of carbonyl (C=O) groups excluding carboxylic acids is 1. The first-order valence-electron chi connectivity index (χ1n) is 13.8. The Hall–Kier alpha value is -3.28. The fourth-order valence-electron chi connectivity index (χ4n) is 5.49. The number of allylic oxidation sites excluding steroid dienone is 4. The zero-order valence-corrected chi connectivity index (χ0v) is 25.2. The predicted molar refractivity (Wildman–Crippen MR) is 157 cm³/mol. The van der Waals surface area contributed by atoms with Crippen LogP contribution in [0, 0.1) is 17.2 Å². The van der Waals surface area contributed by atoms with E-state index >= 15 is 0 Å². The van der Waals surface area contributed by atoms with Crippen LogP contribution in [0.5, 0.6) is 17.2 Å². The second-order valence-corrected chi connectivity index (χ2v) is 11.0. The second-order valence-electron chi connectivity index (χ2n) is 10.1. The van der Waals surface area contributed by atoms with Crippen molar-refractivity contribution in [1.82, 2.24) is 5.32 Å². The van der Waals surface area contributed by atoms with Gasteiger partial charge >= 0.3 is 0 Å². The van der Waals surface area contributed by atoms with Crippen LogP contribution in [0.2, 0.25) is 0 Å². The smallest absolute Gasteiger partial charge is 0.175 e. The minimum Gasteiger partial charge on any atom is -0.491 e. The minimum absolute atomic E-state index is 0.111. The Morgan fingerprint density at radius 2 is 1.93 bits per heavy atom. The third kappa shape index (κ3) is 6.71. The van der Waals surface area contributed by atoms with E-state index in [2.05, 4.69) is 34.2 Å². The maximum absolute atomic E-state index is 13.5. The molecule has 0 fully saturated rings. The number of halogens is 1. The number of benzene rings is 2. The molecule has 2 atom stereocenters. The lowest BCUT2D eigenvalue weighted by molar-refractivity contribution is -0.117. The molecule has 0 spiro atoms. The lowest BCUT2D eigenvalue weighted by atomic mass is 9.72. The summed E-state index contributed by atoms with van der Waals surface area (Å²) in [5.41, 5.74) is 4.75. The molecule has 1 N–H and O–H groups in total. The molecule has 1 aliphatic carbocycles. The Labute approximate surface area is 245 Å². The van der Waals surface area contributed by atoms with Gasteiger partial charge in [-0.1, -0.05) is 25.5 Å². The molecule has 4 rings (SSSR count). The highest BCUT2D eigenvalue weighted by atomic mass is 79.9. The highest BCUT2D eigenvalue weighted by Gasteiger charge is 2.39. The molecule has 40 heavy (non-hydrogen) atoms. The number of rotatable bonds is 12. The molecule has 0 saturated heterocycles. The van der Waals surface area contributed by atoms with Gasteiger partial charge in [0.15, 0.2) is 17.3 Å². The van der Waals surface area contributed by atoms with E-state index in [1.165, 1.54) is 0 Å². The van der Waals surface area contributed by atoms with Gasteiger partial charge in [-0.15, -0.1) is 0 Å². The van der Waals surface area contributed by atoms with Gasteiger partial charge in [-0.25, -0.2) is 0 Å². The highest BCUT2D eigenvalue weighted by Crippen LogP contribution is 2.47. The number of nitriles is 1. The molecule has 2 aromatic rings. The van der Waals surface area contributed by atoms with Crippen LogP contribution in [0.1, 0.15) is 63.5 Å². The molecule has 212 valence electrons. The van der Waals surface area contributed by atoms with Crippen molar-refractivity contribution in [2.75, 3.05) is 26.9 Å². The van der Waals surface area contributed by atoms with E-state index in [0.29, 0.717) is 65.9 Å². The monoisotopic (exact) mass is 608 g/mol. The molecule has 1 aliphatic heterocycles. The maximum atomic E-state index is 13.5. The van der Waals surface area contributed by atoms with Gasteiger partial charge < -0.3 is 24.3 Å². The SMILES string of the molecule is CCCC1CC(=O)C2=C(C1)NC(C)=C(C#N)C2c1cc(Br)c(OCc2cccc(OCCOC)c2)c(OCC)c1. The molecule has 2 unspecified atom stereocenters. The number of hydrogen-bond donors (Lipinski definition) is 1. The lowest BCUT2D eigenvalue weighted by Crippen LogP contribution is -2.34. The van der Waals surface area contributed by atoms with Crippen LogP contribution in [0.4, 0.5) is 0 Å². The number of methoxy groups -OCH3 is 1. The summed E-state index contributed by atoms with van der Waals surface area (Å²) in [5.74, 6) is 1.85. The first-order chi connectivity index (χ1) is 19.4. The summed E-state index contributed by atoms with van der Waals surface area (Å²) < 4.78 is 23.8. The van der Waals surface area contributed by atoms with Gasteiger partial charge in [-0.3, -0.25) is 4.79 Å². The van der Waals surface area contributed by atoms with Gasteiger partial charge in [-0.05, 0) is 83.9 Å². The van der Waals surface area contributed by atoms with Gasteiger partial charge in [0.1, 0.15) is 19.0 Å².